The minimum Gasteiger partial charge on any atom is -0.393 e. The van der Waals surface area contributed by atoms with E-state index in [0.29, 0.717) is 36.5 Å². The van der Waals surface area contributed by atoms with Gasteiger partial charge in [-0.05, 0) is 103 Å². The van der Waals surface area contributed by atoms with Crippen LogP contribution in [0.25, 0.3) is 0 Å². The van der Waals surface area contributed by atoms with E-state index in [1.54, 1.807) is 0 Å². The molecule has 0 spiro atoms. The van der Waals surface area contributed by atoms with Gasteiger partial charge in [-0.15, -0.1) is 0 Å². The van der Waals surface area contributed by atoms with Crippen molar-refractivity contribution in [3.05, 3.63) is 12.2 Å². The van der Waals surface area contributed by atoms with Gasteiger partial charge in [-0.1, -0.05) is 34.3 Å². The SMILES string of the molecule is C=C(C(O)CC(C)C1CC1C)C1CCC2C3CC(O)C4CC(=O)CCC4(C)C3CC(O)C12C. The van der Waals surface area contributed by atoms with Crippen LogP contribution < -0.4 is 0 Å². The molecule has 0 radical (unpaired) electrons. The largest absolute Gasteiger partial charge is 0.393 e. The first kappa shape index (κ1) is 24.0. The first-order valence-corrected chi connectivity index (χ1v) is 13.7. The zero-order valence-electron chi connectivity index (χ0n) is 21.2. The third-order valence-electron chi connectivity index (χ3n) is 12.0. The molecule has 0 aromatic carbocycles. The Kier molecular flexibility index (Phi) is 5.94. The average molecular weight is 459 g/mol. The lowest BCUT2D eigenvalue weighted by molar-refractivity contribution is -0.190. The summed E-state index contributed by atoms with van der Waals surface area (Å²) in [5, 5.41) is 34.0. The number of aliphatic hydroxyl groups is 3. The number of hydrogen-bond donors (Lipinski definition) is 3. The minimum absolute atomic E-state index is 0.0387. The van der Waals surface area contributed by atoms with Crippen molar-refractivity contribution in [2.45, 2.75) is 104 Å². The molecule has 13 unspecified atom stereocenters. The molecular weight excluding hydrogens is 412 g/mol. The second kappa shape index (κ2) is 8.17. The van der Waals surface area contributed by atoms with Crippen LogP contribution in [0.5, 0.6) is 0 Å². The first-order chi connectivity index (χ1) is 15.5. The van der Waals surface area contributed by atoms with E-state index >= 15 is 0 Å². The van der Waals surface area contributed by atoms with Gasteiger partial charge in [0, 0.05) is 18.3 Å². The molecule has 0 aliphatic heterocycles. The van der Waals surface area contributed by atoms with Crippen molar-refractivity contribution in [3.8, 4) is 0 Å². The van der Waals surface area contributed by atoms with Crippen LogP contribution >= 0.6 is 0 Å². The summed E-state index contributed by atoms with van der Waals surface area (Å²) in [6.07, 6.45) is 6.18. The molecule has 5 aliphatic rings. The highest BCUT2D eigenvalue weighted by Gasteiger charge is 2.65. The Morgan fingerprint density at radius 2 is 1.82 bits per heavy atom. The van der Waals surface area contributed by atoms with E-state index < -0.39 is 18.3 Å². The number of Topliss-reactive ketones (excluding diaryl/α,β-unsaturated/α-hetero) is 1. The molecule has 5 fully saturated rings. The van der Waals surface area contributed by atoms with Crippen molar-refractivity contribution in [3.63, 3.8) is 0 Å². The van der Waals surface area contributed by atoms with E-state index in [1.807, 2.05) is 0 Å². The van der Waals surface area contributed by atoms with Crippen LogP contribution in [0.3, 0.4) is 0 Å². The molecule has 0 bridgehead atoms. The third kappa shape index (κ3) is 3.61. The summed E-state index contributed by atoms with van der Waals surface area (Å²) in [5.74, 6) is 3.57. The quantitative estimate of drug-likeness (QED) is 0.519. The second-order valence-electron chi connectivity index (χ2n) is 13.5. The molecule has 0 heterocycles. The van der Waals surface area contributed by atoms with Crippen LogP contribution in [-0.2, 0) is 4.79 Å². The predicted octanol–water partition coefficient (Wildman–Crippen LogP) is 4.76. The van der Waals surface area contributed by atoms with Gasteiger partial charge in [0.05, 0.1) is 18.3 Å². The fraction of sp³-hybridized carbons (Fsp3) is 0.897. The second-order valence-corrected chi connectivity index (χ2v) is 13.5. The highest BCUT2D eigenvalue weighted by atomic mass is 16.3. The zero-order valence-corrected chi connectivity index (χ0v) is 21.2. The van der Waals surface area contributed by atoms with Crippen molar-refractivity contribution in [1.29, 1.82) is 0 Å². The van der Waals surface area contributed by atoms with Gasteiger partial charge in [0.2, 0.25) is 0 Å². The lowest BCUT2D eigenvalue weighted by Gasteiger charge is -2.62. The van der Waals surface area contributed by atoms with Gasteiger partial charge < -0.3 is 15.3 Å². The zero-order chi connectivity index (χ0) is 23.9. The van der Waals surface area contributed by atoms with Crippen LogP contribution in [0.15, 0.2) is 12.2 Å². The van der Waals surface area contributed by atoms with Gasteiger partial charge in [0.15, 0.2) is 0 Å². The molecule has 186 valence electrons. The standard InChI is InChI=1S/C29H46O4/c1-15-10-19(15)16(2)11-25(31)17(3)21-6-7-22-20-13-26(32)24-12-18(30)8-9-28(24,4)23(20)14-27(33)29(21,22)5/h15-16,19-27,31-33H,3,6-14H2,1-2,4-5H3. The van der Waals surface area contributed by atoms with Gasteiger partial charge in [-0.3, -0.25) is 4.79 Å². The Morgan fingerprint density at radius 1 is 1.12 bits per heavy atom. The van der Waals surface area contributed by atoms with Crippen molar-refractivity contribution in [2.24, 2.45) is 58.2 Å². The monoisotopic (exact) mass is 458 g/mol. The number of rotatable bonds is 5. The molecule has 5 rings (SSSR count). The number of ketones is 1. The number of aliphatic hydroxyl groups excluding tert-OH is 3. The van der Waals surface area contributed by atoms with E-state index in [-0.39, 0.29) is 28.4 Å². The summed E-state index contributed by atoms with van der Waals surface area (Å²) in [7, 11) is 0. The van der Waals surface area contributed by atoms with Crippen molar-refractivity contribution in [2.75, 3.05) is 0 Å². The Balaban J connectivity index is 1.36. The fourth-order valence-corrected chi connectivity index (χ4v) is 9.71. The maximum absolute atomic E-state index is 12.2. The normalized spacial score (nSPS) is 52.9. The van der Waals surface area contributed by atoms with E-state index in [4.69, 9.17) is 0 Å². The van der Waals surface area contributed by atoms with Crippen molar-refractivity contribution < 1.29 is 20.1 Å². The summed E-state index contributed by atoms with van der Waals surface area (Å²) < 4.78 is 0. The van der Waals surface area contributed by atoms with Crippen LogP contribution in [-0.4, -0.2) is 39.4 Å². The maximum Gasteiger partial charge on any atom is 0.133 e. The molecule has 3 N–H and O–H groups in total. The lowest BCUT2D eigenvalue weighted by Crippen LogP contribution is -2.61. The van der Waals surface area contributed by atoms with E-state index in [2.05, 4.69) is 34.3 Å². The highest BCUT2D eigenvalue weighted by Crippen LogP contribution is 2.68. The maximum atomic E-state index is 12.2. The molecule has 4 heteroatoms. The predicted molar refractivity (Wildman–Crippen MR) is 129 cm³/mol. The fourth-order valence-electron chi connectivity index (χ4n) is 9.71. The topological polar surface area (TPSA) is 77.8 Å². The van der Waals surface area contributed by atoms with Gasteiger partial charge in [0.25, 0.3) is 0 Å². The first-order valence-electron chi connectivity index (χ1n) is 13.7. The van der Waals surface area contributed by atoms with Gasteiger partial charge in [-0.25, -0.2) is 0 Å². The number of hydrogen-bond acceptors (Lipinski definition) is 4. The molecular formula is C29H46O4. The number of fused-ring (bicyclic) bond motifs is 5. The van der Waals surface area contributed by atoms with Crippen molar-refractivity contribution in [1.82, 2.24) is 0 Å². The van der Waals surface area contributed by atoms with E-state index in [9.17, 15) is 20.1 Å². The molecule has 4 nitrogen and oxygen atoms in total. The molecule has 33 heavy (non-hydrogen) atoms. The average Bonchev–Trinajstić information content (AvgIpc) is 3.38. The third-order valence-corrected chi connectivity index (χ3v) is 12.0. The van der Waals surface area contributed by atoms with Gasteiger partial charge in [0.1, 0.15) is 5.78 Å². The smallest absolute Gasteiger partial charge is 0.133 e. The Labute approximate surface area is 200 Å². The molecule has 0 saturated heterocycles. The van der Waals surface area contributed by atoms with Crippen LogP contribution in [0.2, 0.25) is 0 Å². The van der Waals surface area contributed by atoms with Crippen molar-refractivity contribution >= 4 is 5.78 Å². The highest BCUT2D eigenvalue weighted by molar-refractivity contribution is 5.79. The Hall–Kier alpha value is -0.710. The van der Waals surface area contributed by atoms with Gasteiger partial charge >= 0.3 is 0 Å². The molecule has 0 aromatic rings. The molecule has 13 atom stereocenters. The van der Waals surface area contributed by atoms with E-state index in [0.717, 1.165) is 55.9 Å². The minimum atomic E-state index is -0.499. The molecule has 0 aromatic heterocycles. The summed E-state index contributed by atoms with van der Waals surface area (Å²) in [5.41, 5.74) is 0.577. The van der Waals surface area contributed by atoms with Crippen LogP contribution in [0, 0.1) is 58.2 Å². The Bertz CT molecular complexity index is 807. The molecule has 5 saturated carbocycles. The van der Waals surface area contributed by atoms with E-state index in [1.165, 1.54) is 6.42 Å². The van der Waals surface area contributed by atoms with Crippen LogP contribution in [0.1, 0.15) is 85.5 Å². The molecule has 0 amide bonds. The lowest BCUT2D eigenvalue weighted by atomic mass is 9.43. The number of carbonyl (C=O) groups is 1. The van der Waals surface area contributed by atoms with Gasteiger partial charge in [-0.2, -0.15) is 0 Å². The number of carbonyl (C=O) groups excluding carboxylic acids is 1. The summed E-state index contributed by atoms with van der Waals surface area (Å²) in [6.45, 7) is 13.5. The Morgan fingerprint density at radius 3 is 2.48 bits per heavy atom. The molecule has 5 aliphatic carbocycles. The summed E-state index contributed by atoms with van der Waals surface area (Å²) >= 11 is 0. The summed E-state index contributed by atoms with van der Waals surface area (Å²) in [4.78, 5) is 12.2. The summed E-state index contributed by atoms with van der Waals surface area (Å²) in [6, 6.07) is 0. The van der Waals surface area contributed by atoms with Crippen LogP contribution in [0.4, 0.5) is 0 Å².